The van der Waals surface area contributed by atoms with Crippen molar-refractivity contribution in [2.45, 2.75) is 13.5 Å². The molecule has 1 heterocycles. The van der Waals surface area contributed by atoms with E-state index >= 15 is 0 Å². The normalized spacial score (nSPS) is 14.9. The van der Waals surface area contributed by atoms with Gasteiger partial charge in [-0.3, -0.25) is 4.79 Å². The molecule has 1 amide bonds. The van der Waals surface area contributed by atoms with Crippen LogP contribution in [0.3, 0.4) is 0 Å². The van der Waals surface area contributed by atoms with E-state index in [4.69, 9.17) is 27.9 Å². The molecule has 0 fully saturated rings. The highest BCUT2D eigenvalue weighted by Gasteiger charge is 2.29. The second-order valence-electron chi connectivity index (χ2n) is 6.83. The maximum Gasteiger partial charge on any atom is 0.280 e. The Morgan fingerprint density at radius 1 is 0.967 bits per heavy atom. The van der Waals surface area contributed by atoms with Gasteiger partial charge < -0.3 is 4.74 Å². The predicted molar refractivity (Wildman–Crippen MR) is 122 cm³/mol. The van der Waals surface area contributed by atoms with Crippen LogP contribution in [0.2, 0.25) is 10.0 Å². The summed E-state index contributed by atoms with van der Waals surface area (Å²) in [5, 5.41) is 6.58. The molecule has 0 aromatic heterocycles. The van der Waals surface area contributed by atoms with Crippen molar-refractivity contribution in [1.82, 2.24) is 0 Å². The fourth-order valence-electron chi connectivity index (χ4n) is 3.09. The van der Waals surface area contributed by atoms with E-state index in [2.05, 4.69) is 5.10 Å². The van der Waals surface area contributed by atoms with Crippen LogP contribution in [-0.2, 0) is 11.4 Å². The quantitative estimate of drug-likeness (QED) is 0.435. The van der Waals surface area contributed by atoms with Crippen molar-refractivity contribution in [2.75, 3.05) is 5.01 Å². The molecule has 0 atom stereocenters. The summed E-state index contributed by atoms with van der Waals surface area (Å²) in [6.07, 6.45) is 1.81. The van der Waals surface area contributed by atoms with Crippen LogP contribution in [0.25, 0.3) is 6.08 Å². The Morgan fingerprint density at radius 3 is 2.30 bits per heavy atom. The van der Waals surface area contributed by atoms with E-state index in [9.17, 15) is 4.79 Å². The van der Waals surface area contributed by atoms with Crippen molar-refractivity contribution in [2.24, 2.45) is 5.10 Å². The number of hydrogen-bond acceptors (Lipinski definition) is 3. The van der Waals surface area contributed by atoms with E-state index < -0.39 is 0 Å². The van der Waals surface area contributed by atoms with Crippen molar-refractivity contribution in [3.63, 3.8) is 0 Å². The van der Waals surface area contributed by atoms with Gasteiger partial charge in [0.15, 0.2) is 0 Å². The Kier molecular flexibility index (Phi) is 5.88. The van der Waals surface area contributed by atoms with Crippen molar-refractivity contribution >= 4 is 46.6 Å². The van der Waals surface area contributed by atoms with Gasteiger partial charge in [-0.2, -0.15) is 10.1 Å². The summed E-state index contributed by atoms with van der Waals surface area (Å²) in [5.41, 5.74) is 3.66. The van der Waals surface area contributed by atoms with Gasteiger partial charge in [-0.1, -0.05) is 65.7 Å². The van der Waals surface area contributed by atoms with Gasteiger partial charge in [0.2, 0.25) is 0 Å². The zero-order valence-electron chi connectivity index (χ0n) is 16.2. The van der Waals surface area contributed by atoms with Gasteiger partial charge >= 0.3 is 0 Å². The van der Waals surface area contributed by atoms with Crippen LogP contribution in [0, 0.1) is 0 Å². The number of hydrogen-bond donors (Lipinski definition) is 0. The van der Waals surface area contributed by atoms with Crippen LogP contribution in [0.1, 0.15) is 18.1 Å². The van der Waals surface area contributed by atoms with Crippen LogP contribution >= 0.6 is 23.2 Å². The molecule has 0 unspecified atom stereocenters. The second-order valence-corrected chi connectivity index (χ2v) is 7.70. The molecule has 150 valence electrons. The molecule has 0 radical (unpaired) electrons. The molecular weight excluding hydrogens is 419 g/mol. The molecule has 1 aliphatic rings. The van der Waals surface area contributed by atoms with Crippen LogP contribution in [0.5, 0.6) is 5.75 Å². The highest BCUT2D eigenvalue weighted by Crippen LogP contribution is 2.30. The van der Waals surface area contributed by atoms with Crippen molar-refractivity contribution in [3.8, 4) is 5.75 Å². The topological polar surface area (TPSA) is 41.9 Å². The van der Waals surface area contributed by atoms with E-state index in [0.29, 0.717) is 33.6 Å². The molecule has 4 nitrogen and oxygen atoms in total. The standard InChI is InChI=1S/C24H18Cl2N2O2/c1-16-23(24(29)28(27-16)21-13-19(25)12-20(26)14-21)11-17-7-9-22(10-8-17)30-15-18-5-3-2-4-6-18/h2-14H,15H2,1H3/b23-11-. The number of carbonyl (C=O) groups is 1. The first-order chi connectivity index (χ1) is 14.5. The summed E-state index contributed by atoms with van der Waals surface area (Å²) < 4.78 is 5.81. The van der Waals surface area contributed by atoms with Crippen LogP contribution in [0.15, 0.2) is 83.5 Å². The number of carbonyl (C=O) groups excluding carboxylic acids is 1. The largest absolute Gasteiger partial charge is 0.489 e. The average Bonchev–Trinajstić information content (AvgIpc) is 3.02. The van der Waals surface area contributed by atoms with Gasteiger partial charge in [0.05, 0.1) is 17.0 Å². The monoisotopic (exact) mass is 436 g/mol. The summed E-state index contributed by atoms with van der Waals surface area (Å²) in [6.45, 7) is 2.30. The Balaban J connectivity index is 1.49. The summed E-state index contributed by atoms with van der Waals surface area (Å²) in [7, 11) is 0. The average molecular weight is 437 g/mol. The van der Waals surface area contributed by atoms with Gasteiger partial charge in [0.25, 0.3) is 5.91 Å². The lowest BCUT2D eigenvalue weighted by Crippen LogP contribution is -2.21. The van der Waals surface area contributed by atoms with E-state index in [1.807, 2.05) is 60.7 Å². The highest BCUT2D eigenvalue weighted by atomic mass is 35.5. The fourth-order valence-corrected chi connectivity index (χ4v) is 3.60. The number of ether oxygens (including phenoxy) is 1. The molecule has 4 rings (SSSR count). The zero-order valence-corrected chi connectivity index (χ0v) is 17.7. The lowest BCUT2D eigenvalue weighted by atomic mass is 10.1. The third kappa shape index (κ3) is 4.56. The van der Waals surface area contributed by atoms with Gasteiger partial charge in [-0.15, -0.1) is 0 Å². The number of amides is 1. The molecule has 0 bridgehead atoms. The smallest absolute Gasteiger partial charge is 0.280 e. The molecule has 6 heteroatoms. The van der Waals surface area contributed by atoms with Gasteiger partial charge in [-0.25, -0.2) is 0 Å². The Bertz CT molecular complexity index is 1120. The van der Waals surface area contributed by atoms with Crippen LogP contribution < -0.4 is 9.75 Å². The lowest BCUT2D eigenvalue weighted by molar-refractivity contribution is -0.114. The first kappa shape index (κ1) is 20.2. The number of halogens is 2. The van der Waals surface area contributed by atoms with Crippen molar-refractivity contribution < 1.29 is 9.53 Å². The van der Waals surface area contributed by atoms with E-state index in [0.717, 1.165) is 16.9 Å². The van der Waals surface area contributed by atoms with E-state index in [1.54, 1.807) is 25.1 Å². The molecule has 0 spiro atoms. The highest BCUT2D eigenvalue weighted by molar-refractivity contribution is 6.36. The predicted octanol–water partition coefficient (Wildman–Crippen LogP) is 6.38. The number of benzene rings is 3. The third-order valence-corrected chi connectivity index (χ3v) is 5.03. The molecule has 3 aromatic rings. The summed E-state index contributed by atoms with van der Waals surface area (Å²) in [6, 6.07) is 22.5. The lowest BCUT2D eigenvalue weighted by Gasteiger charge is -2.12. The van der Waals surface area contributed by atoms with Crippen LogP contribution in [-0.4, -0.2) is 11.6 Å². The van der Waals surface area contributed by atoms with Crippen molar-refractivity contribution in [1.29, 1.82) is 0 Å². The number of rotatable bonds is 5. The van der Waals surface area contributed by atoms with Gasteiger partial charge in [0, 0.05) is 10.0 Å². The van der Waals surface area contributed by atoms with Crippen LogP contribution in [0.4, 0.5) is 5.69 Å². The summed E-state index contributed by atoms with van der Waals surface area (Å²) in [4.78, 5) is 12.9. The first-order valence-electron chi connectivity index (χ1n) is 9.34. The van der Waals surface area contributed by atoms with E-state index in [-0.39, 0.29) is 5.91 Å². The molecule has 0 saturated carbocycles. The first-order valence-corrected chi connectivity index (χ1v) is 10.1. The molecule has 1 aliphatic heterocycles. The number of nitrogens with zero attached hydrogens (tertiary/aromatic N) is 2. The SMILES string of the molecule is CC1=NN(c2cc(Cl)cc(Cl)c2)C(=O)/C1=C\c1ccc(OCc2ccccc2)cc1. The van der Waals surface area contributed by atoms with E-state index in [1.165, 1.54) is 5.01 Å². The second kappa shape index (κ2) is 8.74. The summed E-state index contributed by atoms with van der Waals surface area (Å²) >= 11 is 12.1. The molecule has 0 saturated heterocycles. The molecule has 3 aromatic carbocycles. The maximum atomic E-state index is 12.9. The Labute approximate surface area is 185 Å². The zero-order chi connectivity index (χ0) is 21.1. The van der Waals surface area contributed by atoms with Gasteiger partial charge in [-0.05, 0) is 54.5 Å². The molecular formula is C24H18Cl2N2O2. The maximum absolute atomic E-state index is 12.9. The third-order valence-electron chi connectivity index (χ3n) is 4.59. The minimum Gasteiger partial charge on any atom is -0.489 e. The molecule has 0 aliphatic carbocycles. The summed E-state index contributed by atoms with van der Waals surface area (Å²) in [5.74, 6) is 0.537. The fraction of sp³-hybridized carbons (Fsp3) is 0.0833. The Morgan fingerprint density at radius 2 is 1.63 bits per heavy atom. The molecule has 30 heavy (non-hydrogen) atoms. The number of anilines is 1. The number of hydrazone groups is 1. The Hall–Kier alpha value is -3.08. The van der Waals surface area contributed by atoms with Gasteiger partial charge in [0.1, 0.15) is 12.4 Å². The molecule has 0 N–H and O–H groups in total. The minimum absolute atomic E-state index is 0.227. The van der Waals surface area contributed by atoms with Crippen molar-refractivity contribution in [3.05, 3.63) is 99.5 Å². The minimum atomic E-state index is -0.227.